The molecule has 0 radical (unpaired) electrons. The van der Waals surface area contributed by atoms with Gasteiger partial charge in [0.15, 0.2) is 5.16 Å². The second-order valence-corrected chi connectivity index (χ2v) is 5.29. The number of rotatable bonds is 4. The topological polar surface area (TPSA) is 76.7 Å². The molecule has 0 saturated heterocycles. The number of nitrogens with zero attached hydrogens (tertiary/aromatic N) is 2. The predicted molar refractivity (Wildman–Crippen MR) is 71.6 cm³/mol. The highest BCUT2D eigenvalue weighted by Gasteiger charge is 2.16. The van der Waals surface area contributed by atoms with E-state index in [1.54, 1.807) is 12.1 Å². The smallest absolute Gasteiger partial charge is 0.326 e. The molecule has 0 unspecified atom stereocenters. The van der Waals surface area contributed by atoms with Crippen molar-refractivity contribution in [2.24, 2.45) is 5.73 Å². The first-order valence-electron chi connectivity index (χ1n) is 5.86. The molecule has 102 valence electrons. The van der Waals surface area contributed by atoms with E-state index in [0.29, 0.717) is 15.6 Å². The van der Waals surface area contributed by atoms with Gasteiger partial charge in [0.1, 0.15) is 5.82 Å². The lowest BCUT2D eigenvalue weighted by Gasteiger charge is -2.11. The fraction of sp³-hybridized carbons (Fsp3) is 0.333. The van der Waals surface area contributed by atoms with E-state index >= 15 is 0 Å². The van der Waals surface area contributed by atoms with Gasteiger partial charge in [0.25, 0.3) is 0 Å². The molecule has 0 amide bonds. The Morgan fingerprint density at radius 1 is 1.53 bits per heavy atom. The molecule has 1 heterocycles. The molecular weight excluding hydrogens is 267 g/mol. The average Bonchev–Trinajstić information content (AvgIpc) is 2.73. The van der Waals surface area contributed by atoms with Crippen LogP contribution in [0.1, 0.15) is 25.5 Å². The molecule has 5 nitrogen and oxygen atoms in total. The lowest BCUT2D eigenvalue weighted by Crippen LogP contribution is -2.19. The van der Waals surface area contributed by atoms with Crippen molar-refractivity contribution in [2.45, 2.75) is 36.5 Å². The molecule has 0 aliphatic rings. The van der Waals surface area contributed by atoms with Crippen LogP contribution in [0.2, 0.25) is 0 Å². The van der Waals surface area contributed by atoms with Gasteiger partial charge >= 0.3 is 5.69 Å². The highest BCUT2D eigenvalue weighted by Crippen LogP contribution is 2.31. The van der Waals surface area contributed by atoms with Crippen molar-refractivity contribution in [1.29, 1.82) is 0 Å². The summed E-state index contributed by atoms with van der Waals surface area (Å²) in [6, 6.07) is 4.69. The molecule has 2 rings (SSSR count). The molecule has 0 saturated carbocycles. The fourth-order valence-corrected chi connectivity index (χ4v) is 2.85. The largest absolute Gasteiger partial charge is 0.344 e. The minimum Gasteiger partial charge on any atom is -0.326 e. The van der Waals surface area contributed by atoms with Crippen LogP contribution >= 0.6 is 11.8 Å². The summed E-state index contributed by atoms with van der Waals surface area (Å²) >= 11 is 1.11. The zero-order valence-electron chi connectivity index (χ0n) is 10.7. The standard InChI is InChI=1S/C12H15FN4OS/c1-7(2)17-11(18)15-16-12(17)19-10-8(6-14)4-3-5-9(10)13/h3-5,7H,6,14H2,1-2H3,(H,15,18). The van der Waals surface area contributed by atoms with E-state index in [0.717, 1.165) is 11.8 Å². The Hall–Kier alpha value is -1.60. The number of aromatic nitrogens is 3. The highest BCUT2D eigenvalue weighted by atomic mass is 32.2. The number of benzene rings is 1. The van der Waals surface area contributed by atoms with Crippen LogP contribution in [0.15, 0.2) is 33.0 Å². The number of nitrogens with one attached hydrogen (secondary N) is 1. The lowest BCUT2D eigenvalue weighted by molar-refractivity contribution is 0.533. The second-order valence-electron chi connectivity index (χ2n) is 4.31. The second kappa shape index (κ2) is 5.58. The van der Waals surface area contributed by atoms with Gasteiger partial charge in [-0.05, 0) is 37.2 Å². The summed E-state index contributed by atoms with van der Waals surface area (Å²) in [7, 11) is 0. The molecule has 7 heteroatoms. The average molecular weight is 282 g/mol. The molecule has 0 bridgehead atoms. The van der Waals surface area contributed by atoms with Gasteiger partial charge in [0, 0.05) is 12.6 Å². The molecule has 1 aromatic heterocycles. The molecule has 2 aromatic rings. The SMILES string of the molecule is CC(C)n1c(Sc2c(F)cccc2CN)n[nH]c1=O. The van der Waals surface area contributed by atoms with Crippen LogP contribution in [-0.4, -0.2) is 14.8 Å². The van der Waals surface area contributed by atoms with Crippen LogP contribution in [0.5, 0.6) is 0 Å². The zero-order valence-corrected chi connectivity index (χ0v) is 11.5. The summed E-state index contributed by atoms with van der Waals surface area (Å²) in [6.07, 6.45) is 0. The molecule has 3 N–H and O–H groups in total. The quantitative estimate of drug-likeness (QED) is 0.898. The number of nitrogens with two attached hydrogens (primary N) is 1. The molecule has 0 aliphatic heterocycles. The van der Waals surface area contributed by atoms with E-state index in [1.165, 1.54) is 10.6 Å². The van der Waals surface area contributed by atoms with Crippen LogP contribution < -0.4 is 11.4 Å². The Morgan fingerprint density at radius 2 is 2.26 bits per heavy atom. The first-order chi connectivity index (χ1) is 9.04. The van der Waals surface area contributed by atoms with Crippen LogP contribution in [-0.2, 0) is 6.54 Å². The van der Waals surface area contributed by atoms with E-state index in [9.17, 15) is 9.18 Å². The highest BCUT2D eigenvalue weighted by molar-refractivity contribution is 7.99. The van der Waals surface area contributed by atoms with Gasteiger partial charge in [-0.1, -0.05) is 12.1 Å². The summed E-state index contributed by atoms with van der Waals surface area (Å²) in [5, 5.41) is 6.74. The first kappa shape index (κ1) is 13.8. The van der Waals surface area contributed by atoms with Crippen molar-refractivity contribution in [2.75, 3.05) is 0 Å². The number of halogens is 1. The third kappa shape index (κ3) is 2.71. The fourth-order valence-electron chi connectivity index (χ4n) is 1.74. The maximum absolute atomic E-state index is 13.9. The van der Waals surface area contributed by atoms with Crippen molar-refractivity contribution in [1.82, 2.24) is 14.8 Å². The minimum atomic E-state index is -0.362. The van der Waals surface area contributed by atoms with Crippen molar-refractivity contribution >= 4 is 11.8 Å². The third-order valence-electron chi connectivity index (χ3n) is 2.65. The lowest BCUT2D eigenvalue weighted by atomic mass is 10.2. The van der Waals surface area contributed by atoms with E-state index in [4.69, 9.17) is 5.73 Å². The molecule has 0 spiro atoms. The molecular formula is C12H15FN4OS. The Bertz CT molecular complexity index is 635. The van der Waals surface area contributed by atoms with Gasteiger partial charge in [-0.15, -0.1) is 5.10 Å². The number of hydrogen-bond acceptors (Lipinski definition) is 4. The summed E-state index contributed by atoms with van der Waals surface area (Å²) in [6.45, 7) is 3.97. The van der Waals surface area contributed by atoms with Crippen molar-refractivity contribution < 1.29 is 4.39 Å². The third-order valence-corrected chi connectivity index (χ3v) is 3.78. The van der Waals surface area contributed by atoms with Crippen molar-refractivity contribution in [3.63, 3.8) is 0 Å². The van der Waals surface area contributed by atoms with Crippen LogP contribution in [0.4, 0.5) is 4.39 Å². The van der Waals surface area contributed by atoms with E-state index < -0.39 is 0 Å². The molecule has 1 aromatic carbocycles. The number of aromatic amines is 1. The molecule has 19 heavy (non-hydrogen) atoms. The molecule has 0 fully saturated rings. The predicted octanol–water partition coefficient (Wildman–Crippen LogP) is 1.90. The summed E-state index contributed by atoms with van der Waals surface area (Å²) in [4.78, 5) is 12.0. The van der Waals surface area contributed by atoms with Crippen molar-refractivity contribution in [3.05, 3.63) is 40.1 Å². The van der Waals surface area contributed by atoms with Crippen molar-refractivity contribution in [3.8, 4) is 0 Å². The first-order valence-corrected chi connectivity index (χ1v) is 6.68. The van der Waals surface area contributed by atoms with Crippen LogP contribution in [0.25, 0.3) is 0 Å². The van der Waals surface area contributed by atoms with Gasteiger partial charge in [-0.2, -0.15) is 0 Å². The van der Waals surface area contributed by atoms with Gasteiger partial charge in [0.2, 0.25) is 0 Å². The van der Waals surface area contributed by atoms with Gasteiger partial charge < -0.3 is 5.73 Å². The minimum absolute atomic E-state index is 0.0538. The van der Waals surface area contributed by atoms with Gasteiger partial charge in [-0.25, -0.2) is 14.3 Å². The van der Waals surface area contributed by atoms with E-state index in [2.05, 4.69) is 10.2 Å². The number of H-pyrrole nitrogens is 1. The molecule has 0 atom stereocenters. The summed E-state index contributed by atoms with van der Waals surface area (Å²) < 4.78 is 15.3. The van der Waals surface area contributed by atoms with Gasteiger partial charge in [-0.3, -0.25) is 4.57 Å². The Balaban J connectivity index is 2.45. The Morgan fingerprint density at radius 3 is 2.89 bits per heavy atom. The normalized spacial score (nSPS) is 11.2. The zero-order chi connectivity index (χ0) is 14.0. The Labute approximate surface area is 114 Å². The van der Waals surface area contributed by atoms with Crippen LogP contribution in [0.3, 0.4) is 0 Å². The van der Waals surface area contributed by atoms with E-state index in [-0.39, 0.29) is 24.1 Å². The summed E-state index contributed by atoms with van der Waals surface area (Å²) in [5.74, 6) is -0.362. The molecule has 0 aliphatic carbocycles. The number of hydrogen-bond donors (Lipinski definition) is 2. The Kier molecular flexibility index (Phi) is 4.06. The maximum Gasteiger partial charge on any atom is 0.344 e. The monoisotopic (exact) mass is 282 g/mol. The summed E-state index contributed by atoms with van der Waals surface area (Å²) in [5.41, 5.74) is 5.99. The van der Waals surface area contributed by atoms with E-state index in [1.807, 2.05) is 13.8 Å². The van der Waals surface area contributed by atoms with Gasteiger partial charge in [0.05, 0.1) is 4.90 Å². The van der Waals surface area contributed by atoms with Crippen LogP contribution in [0, 0.1) is 5.82 Å². The maximum atomic E-state index is 13.9.